The normalized spacial score (nSPS) is 9.94. The van der Waals surface area contributed by atoms with E-state index >= 15 is 0 Å². The van der Waals surface area contributed by atoms with Gasteiger partial charge in [0.2, 0.25) is 0 Å². The maximum absolute atomic E-state index is 11.1. The number of para-hydroxylation sites is 1. The van der Waals surface area contributed by atoms with E-state index < -0.39 is 5.97 Å². The first-order valence-corrected chi connectivity index (χ1v) is 6.57. The number of hydrogen-bond donors (Lipinski definition) is 2. The van der Waals surface area contributed by atoms with Gasteiger partial charge in [-0.15, -0.1) is 6.58 Å². The summed E-state index contributed by atoms with van der Waals surface area (Å²) < 4.78 is 0. The van der Waals surface area contributed by atoms with Crippen LogP contribution in [-0.4, -0.2) is 29.1 Å². The first-order valence-electron chi connectivity index (χ1n) is 5.42. The maximum atomic E-state index is 11.1. The molecule has 0 amide bonds. The van der Waals surface area contributed by atoms with E-state index in [2.05, 4.69) is 11.9 Å². The Morgan fingerprint density at radius 3 is 3.00 bits per heavy atom. The summed E-state index contributed by atoms with van der Waals surface area (Å²) in [6.07, 6.45) is 1.86. The van der Waals surface area contributed by atoms with Gasteiger partial charge in [0.15, 0.2) is 0 Å². The van der Waals surface area contributed by atoms with Gasteiger partial charge in [-0.2, -0.15) is 11.8 Å². The number of hydrogen-bond acceptors (Lipinski definition) is 3. The van der Waals surface area contributed by atoms with Crippen LogP contribution in [0.15, 0.2) is 30.9 Å². The van der Waals surface area contributed by atoms with E-state index in [-0.39, 0.29) is 0 Å². The van der Waals surface area contributed by atoms with E-state index in [4.69, 9.17) is 5.11 Å². The van der Waals surface area contributed by atoms with Gasteiger partial charge in [-0.25, -0.2) is 4.79 Å². The van der Waals surface area contributed by atoms with Gasteiger partial charge >= 0.3 is 5.97 Å². The van der Waals surface area contributed by atoms with Crippen molar-refractivity contribution in [3.63, 3.8) is 0 Å². The second-order valence-corrected chi connectivity index (χ2v) is 4.74. The van der Waals surface area contributed by atoms with E-state index in [1.165, 1.54) is 0 Å². The molecule has 4 heteroatoms. The van der Waals surface area contributed by atoms with Crippen LogP contribution >= 0.6 is 11.8 Å². The standard InChI is InChI=1S/C13H17NO2S/c1-3-8-17-9-7-14-12-10(2)5-4-6-11(12)13(15)16/h3-6,14H,1,7-9H2,2H3,(H,15,16). The Bertz CT molecular complexity index is 404. The SMILES string of the molecule is C=CCSCCNc1c(C)cccc1C(=O)O. The van der Waals surface area contributed by atoms with E-state index in [0.29, 0.717) is 5.56 Å². The number of rotatable bonds is 7. The summed E-state index contributed by atoms with van der Waals surface area (Å²) in [5, 5.41) is 12.3. The van der Waals surface area contributed by atoms with Crippen molar-refractivity contribution in [3.05, 3.63) is 42.0 Å². The summed E-state index contributed by atoms with van der Waals surface area (Å²) in [5.74, 6) is 0.954. The fraction of sp³-hybridized carbons (Fsp3) is 0.308. The molecule has 0 saturated carbocycles. The van der Waals surface area contributed by atoms with Gasteiger partial charge in [0.05, 0.1) is 11.3 Å². The minimum Gasteiger partial charge on any atom is -0.478 e. The molecule has 3 nitrogen and oxygen atoms in total. The molecule has 0 aliphatic rings. The molecule has 0 atom stereocenters. The molecule has 1 aromatic carbocycles. The molecule has 92 valence electrons. The highest BCUT2D eigenvalue weighted by atomic mass is 32.2. The molecular formula is C13H17NO2S. The molecule has 0 heterocycles. The zero-order valence-electron chi connectivity index (χ0n) is 9.90. The van der Waals surface area contributed by atoms with Crippen LogP contribution in [0.5, 0.6) is 0 Å². The van der Waals surface area contributed by atoms with E-state index in [1.54, 1.807) is 23.9 Å². The summed E-state index contributed by atoms with van der Waals surface area (Å²) >= 11 is 1.76. The third-order valence-electron chi connectivity index (χ3n) is 2.29. The van der Waals surface area contributed by atoms with Crippen molar-refractivity contribution in [2.24, 2.45) is 0 Å². The van der Waals surface area contributed by atoms with Crippen LogP contribution in [0.3, 0.4) is 0 Å². The highest BCUT2D eigenvalue weighted by molar-refractivity contribution is 7.99. The largest absolute Gasteiger partial charge is 0.478 e. The Morgan fingerprint density at radius 1 is 1.59 bits per heavy atom. The molecular weight excluding hydrogens is 234 g/mol. The molecule has 2 N–H and O–H groups in total. The number of carboxylic acid groups (broad SMARTS) is 1. The minimum atomic E-state index is -0.894. The van der Waals surface area contributed by atoms with Crippen LogP contribution in [0.4, 0.5) is 5.69 Å². The summed E-state index contributed by atoms with van der Waals surface area (Å²) in [7, 11) is 0. The topological polar surface area (TPSA) is 49.3 Å². The van der Waals surface area contributed by atoms with Crippen LogP contribution in [0.2, 0.25) is 0 Å². The predicted molar refractivity (Wildman–Crippen MR) is 74.2 cm³/mol. The van der Waals surface area contributed by atoms with Gasteiger partial charge in [-0.3, -0.25) is 0 Å². The quantitative estimate of drug-likeness (QED) is 0.577. The third kappa shape index (κ3) is 4.15. The smallest absolute Gasteiger partial charge is 0.337 e. The highest BCUT2D eigenvalue weighted by Gasteiger charge is 2.10. The first-order chi connectivity index (χ1) is 8.16. The van der Waals surface area contributed by atoms with Crippen molar-refractivity contribution in [2.45, 2.75) is 6.92 Å². The fourth-order valence-corrected chi connectivity index (χ4v) is 2.08. The molecule has 0 radical (unpaired) electrons. The van der Waals surface area contributed by atoms with Crippen molar-refractivity contribution in [3.8, 4) is 0 Å². The Morgan fingerprint density at radius 2 is 2.35 bits per heavy atom. The number of carboxylic acids is 1. The summed E-state index contributed by atoms with van der Waals surface area (Å²) in [5.41, 5.74) is 2.01. The van der Waals surface area contributed by atoms with Gasteiger partial charge in [0.1, 0.15) is 0 Å². The third-order valence-corrected chi connectivity index (χ3v) is 3.25. The second-order valence-electron chi connectivity index (χ2n) is 3.59. The molecule has 0 aliphatic heterocycles. The average molecular weight is 251 g/mol. The van der Waals surface area contributed by atoms with Crippen LogP contribution in [0, 0.1) is 6.92 Å². The number of thioether (sulfide) groups is 1. The lowest BCUT2D eigenvalue weighted by molar-refractivity contribution is 0.0698. The Balaban J connectivity index is 2.62. The predicted octanol–water partition coefficient (Wildman–Crippen LogP) is 3.02. The molecule has 1 aromatic rings. The number of aryl methyl sites for hydroxylation is 1. The molecule has 0 bridgehead atoms. The van der Waals surface area contributed by atoms with Crippen molar-refractivity contribution >= 4 is 23.4 Å². The van der Waals surface area contributed by atoms with E-state index in [9.17, 15) is 4.79 Å². The molecule has 0 unspecified atom stereocenters. The summed E-state index contributed by atoms with van der Waals surface area (Å²) in [4.78, 5) is 11.1. The summed E-state index contributed by atoms with van der Waals surface area (Å²) in [6, 6.07) is 5.29. The fourth-order valence-electron chi connectivity index (χ4n) is 1.50. The van der Waals surface area contributed by atoms with E-state index in [0.717, 1.165) is 29.3 Å². The molecule has 17 heavy (non-hydrogen) atoms. The molecule has 0 saturated heterocycles. The van der Waals surface area contributed by atoms with Crippen molar-refractivity contribution in [2.75, 3.05) is 23.4 Å². The zero-order chi connectivity index (χ0) is 12.7. The maximum Gasteiger partial charge on any atom is 0.337 e. The first kappa shape index (κ1) is 13.6. The molecule has 0 aliphatic carbocycles. The van der Waals surface area contributed by atoms with Crippen LogP contribution in [0.1, 0.15) is 15.9 Å². The van der Waals surface area contributed by atoms with Gasteiger partial charge in [0.25, 0.3) is 0 Å². The monoisotopic (exact) mass is 251 g/mol. The van der Waals surface area contributed by atoms with Gasteiger partial charge in [-0.1, -0.05) is 18.2 Å². The Hall–Kier alpha value is -1.42. The van der Waals surface area contributed by atoms with Crippen molar-refractivity contribution in [1.29, 1.82) is 0 Å². The van der Waals surface area contributed by atoms with Gasteiger partial charge in [0, 0.05) is 18.1 Å². The lowest BCUT2D eigenvalue weighted by atomic mass is 10.1. The number of aromatic carboxylic acids is 1. The number of benzene rings is 1. The van der Waals surface area contributed by atoms with Crippen LogP contribution in [0.25, 0.3) is 0 Å². The highest BCUT2D eigenvalue weighted by Crippen LogP contribution is 2.20. The van der Waals surface area contributed by atoms with Crippen LogP contribution < -0.4 is 5.32 Å². The average Bonchev–Trinajstić information content (AvgIpc) is 2.30. The zero-order valence-corrected chi connectivity index (χ0v) is 10.7. The Labute approximate surface area is 106 Å². The molecule has 0 aromatic heterocycles. The lowest BCUT2D eigenvalue weighted by Gasteiger charge is -2.12. The number of nitrogens with one attached hydrogen (secondary N) is 1. The van der Waals surface area contributed by atoms with Crippen LogP contribution in [-0.2, 0) is 0 Å². The number of anilines is 1. The van der Waals surface area contributed by atoms with E-state index in [1.807, 2.05) is 19.1 Å². The molecule has 0 spiro atoms. The van der Waals surface area contributed by atoms with Gasteiger partial charge < -0.3 is 10.4 Å². The van der Waals surface area contributed by atoms with Crippen molar-refractivity contribution < 1.29 is 9.90 Å². The van der Waals surface area contributed by atoms with Gasteiger partial charge in [-0.05, 0) is 18.6 Å². The number of carbonyl (C=O) groups is 1. The Kier molecular flexibility index (Phi) is 5.63. The summed E-state index contributed by atoms with van der Waals surface area (Å²) in [6.45, 7) is 6.31. The minimum absolute atomic E-state index is 0.332. The lowest BCUT2D eigenvalue weighted by Crippen LogP contribution is -2.10. The van der Waals surface area contributed by atoms with Crippen molar-refractivity contribution in [1.82, 2.24) is 0 Å². The molecule has 0 fully saturated rings. The molecule has 1 rings (SSSR count). The second kappa shape index (κ2) is 7.01.